The van der Waals surface area contributed by atoms with Gasteiger partial charge in [0.1, 0.15) is 18.6 Å². The predicted molar refractivity (Wildman–Crippen MR) is 157 cm³/mol. The lowest BCUT2D eigenvalue weighted by molar-refractivity contribution is -0.132. The van der Waals surface area contributed by atoms with Crippen LogP contribution in [0.1, 0.15) is 81.3 Å². The van der Waals surface area contributed by atoms with Crippen LogP contribution in [0.15, 0.2) is 48.7 Å². The Kier molecular flexibility index (Phi) is 11.3. The van der Waals surface area contributed by atoms with Gasteiger partial charge in [0.15, 0.2) is 5.78 Å². The number of methoxy groups -OCH3 is 1. The maximum atomic E-state index is 13.6. The van der Waals surface area contributed by atoms with Crippen LogP contribution in [0, 0.1) is 11.8 Å². The number of hydrogen-bond donors (Lipinski definition) is 0. The van der Waals surface area contributed by atoms with E-state index in [0.29, 0.717) is 35.1 Å². The number of benzene rings is 2. The summed E-state index contributed by atoms with van der Waals surface area (Å²) >= 11 is 0. The quantitative estimate of drug-likeness (QED) is 0.117. The minimum Gasteiger partial charge on any atom is -0.497 e. The monoisotopic (exact) mass is 532 g/mol. The number of aryl methyl sites for hydroxylation is 1. The van der Waals surface area contributed by atoms with Gasteiger partial charge in [0, 0.05) is 48.3 Å². The number of hydrogen-bond acceptors (Lipinski definition) is 4. The second kappa shape index (κ2) is 14.7. The number of nitrogens with zero attached hydrogens (tertiary/aromatic N) is 2. The van der Waals surface area contributed by atoms with Crippen molar-refractivity contribution in [1.29, 1.82) is 0 Å². The average Bonchev–Trinajstić information content (AvgIpc) is 3.27. The van der Waals surface area contributed by atoms with E-state index in [0.717, 1.165) is 67.9 Å². The third-order valence-corrected chi connectivity index (χ3v) is 7.20. The summed E-state index contributed by atoms with van der Waals surface area (Å²) in [5, 5.41) is 0.808. The Morgan fingerprint density at radius 2 is 1.62 bits per heavy atom. The first-order valence-electron chi connectivity index (χ1n) is 14.2. The van der Waals surface area contributed by atoms with Crippen LogP contribution in [-0.2, 0) is 22.6 Å². The molecule has 6 nitrogen and oxygen atoms in total. The Labute approximate surface area is 233 Å². The van der Waals surface area contributed by atoms with Crippen LogP contribution < -0.4 is 4.74 Å². The molecule has 2 aromatic carbocycles. The zero-order valence-corrected chi connectivity index (χ0v) is 24.2. The van der Waals surface area contributed by atoms with E-state index in [1.165, 1.54) is 0 Å². The Morgan fingerprint density at radius 1 is 0.949 bits per heavy atom. The van der Waals surface area contributed by atoms with Crippen LogP contribution >= 0.6 is 0 Å². The topological polar surface area (TPSA) is 68.6 Å². The fraction of sp³-hybridized carbons (Fsp3) is 0.485. The highest BCUT2D eigenvalue weighted by Gasteiger charge is 2.21. The second-order valence-corrected chi connectivity index (χ2v) is 11.2. The molecule has 1 heterocycles. The SMILES string of the molecule is COc1ccc2c(C(=O)c3ccc(CCCCC=O)cc3)cn(CC(=O)N(CCC(C)C)CCC(C)C)c2c1. The number of rotatable bonds is 16. The van der Waals surface area contributed by atoms with Gasteiger partial charge in [-0.25, -0.2) is 0 Å². The molecule has 3 aromatic rings. The maximum absolute atomic E-state index is 13.6. The molecule has 0 saturated carbocycles. The molecule has 0 aliphatic carbocycles. The van der Waals surface area contributed by atoms with Gasteiger partial charge in [0.05, 0.1) is 12.6 Å². The van der Waals surface area contributed by atoms with Crippen molar-refractivity contribution < 1.29 is 19.1 Å². The van der Waals surface area contributed by atoms with E-state index in [4.69, 9.17) is 4.74 Å². The molecule has 0 N–H and O–H groups in total. The molecule has 0 saturated heterocycles. The molecule has 0 radical (unpaired) electrons. The van der Waals surface area contributed by atoms with Gasteiger partial charge < -0.3 is 19.0 Å². The van der Waals surface area contributed by atoms with Crippen molar-refractivity contribution in [3.63, 3.8) is 0 Å². The summed E-state index contributed by atoms with van der Waals surface area (Å²) in [6, 6.07) is 13.4. The zero-order valence-electron chi connectivity index (χ0n) is 24.2. The summed E-state index contributed by atoms with van der Waals surface area (Å²) in [7, 11) is 1.62. The highest BCUT2D eigenvalue weighted by molar-refractivity contribution is 6.16. The van der Waals surface area contributed by atoms with Crippen LogP contribution in [0.25, 0.3) is 10.9 Å². The molecule has 0 aliphatic rings. The van der Waals surface area contributed by atoms with Crippen molar-refractivity contribution in [3.8, 4) is 5.75 Å². The molecule has 0 spiro atoms. The first kappa shape index (κ1) is 30.1. The Balaban J connectivity index is 1.87. The molecule has 0 aliphatic heterocycles. The lowest BCUT2D eigenvalue weighted by Gasteiger charge is -2.25. The first-order chi connectivity index (χ1) is 18.7. The molecule has 39 heavy (non-hydrogen) atoms. The highest BCUT2D eigenvalue weighted by Crippen LogP contribution is 2.28. The van der Waals surface area contributed by atoms with Gasteiger partial charge in [-0.2, -0.15) is 0 Å². The Hall–Kier alpha value is -3.41. The van der Waals surface area contributed by atoms with E-state index in [1.807, 2.05) is 58.1 Å². The summed E-state index contributed by atoms with van der Waals surface area (Å²) < 4.78 is 7.36. The number of amides is 1. The van der Waals surface area contributed by atoms with E-state index in [9.17, 15) is 14.4 Å². The third kappa shape index (κ3) is 8.54. The number of carbonyl (C=O) groups is 3. The van der Waals surface area contributed by atoms with Gasteiger partial charge in [-0.05, 0) is 61.6 Å². The van der Waals surface area contributed by atoms with Gasteiger partial charge in [0.2, 0.25) is 5.91 Å². The molecular formula is C33H44N2O4. The molecule has 6 heteroatoms. The van der Waals surface area contributed by atoms with Gasteiger partial charge in [-0.15, -0.1) is 0 Å². The highest BCUT2D eigenvalue weighted by atomic mass is 16.5. The minimum absolute atomic E-state index is 0.0638. The third-order valence-electron chi connectivity index (χ3n) is 7.20. The van der Waals surface area contributed by atoms with E-state index >= 15 is 0 Å². The molecule has 1 amide bonds. The maximum Gasteiger partial charge on any atom is 0.242 e. The molecular weight excluding hydrogens is 488 g/mol. The molecule has 210 valence electrons. The number of ether oxygens (including phenoxy) is 1. The average molecular weight is 533 g/mol. The fourth-order valence-corrected chi connectivity index (χ4v) is 4.68. The second-order valence-electron chi connectivity index (χ2n) is 11.2. The molecule has 3 rings (SSSR count). The standard InChI is InChI=1S/C33H44N2O4/c1-24(2)16-18-34(19-17-25(3)4)32(37)23-35-22-30(29-15-14-28(39-5)21-31(29)35)33(38)27-12-10-26(11-13-27)9-7-6-8-20-36/h10-15,20-22,24-25H,6-9,16-19,23H2,1-5H3. The molecule has 0 atom stereocenters. The summed E-state index contributed by atoms with van der Waals surface area (Å²) in [4.78, 5) is 39.7. The summed E-state index contributed by atoms with van der Waals surface area (Å²) in [6.45, 7) is 10.3. The van der Waals surface area contributed by atoms with Crippen LogP contribution in [0.3, 0.4) is 0 Å². The fourth-order valence-electron chi connectivity index (χ4n) is 4.68. The van der Waals surface area contributed by atoms with E-state index in [2.05, 4.69) is 27.7 Å². The number of ketones is 1. The van der Waals surface area contributed by atoms with Crippen molar-refractivity contribution in [2.24, 2.45) is 11.8 Å². The molecule has 0 bridgehead atoms. The molecule has 0 unspecified atom stereocenters. The number of aldehydes is 1. The largest absolute Gasteiger partial charge is 0.497 e. The number of aromatic nitrogens is 1. The van der Waals surface area contributed by atoms with Gasteiger partial charge in [-0.1, -0.05) is 52.0 Å². The lowest BCUT2D eigenvalue weighted by atomic mass is 10.00. The smallest absolute Gasteiger partial charge is 0.242 e. The first-order valence-corrected chi connectivity index (χ1v) is 14.2. The van der Waals surface area contributed by atoms with E-state index < -0.39 is 0 Å². The predicted octanol–water partition coefficient (Wildman–Crippen LogP) is 6.71. The van der Waals surface area contributed by atoms with E-state index in [-0.39, 0.29) is 18.2 Å². The van der Waals surface area contributed by atoms with Crippen molar-refractivity contribution in [3.05, 3.63) is 65.4 Å². The van der Waals surface area contributed by atoms with Crippen LogP contribution in [0.2, 0.25) is 0 Å². The van der Waals surface area contributed by atoms with Crippen molar-refractivity contribution >= 4 is 28.9 Å². The number of unbranched alkanes of at least 4 members (excludes halogenated alkanes) is 2. The summed E-state index contributed by atoms with van der Waals surface area (Å²) in [5.74, 6) is 1.71. The van der Waals surface area contributed by atoms with Crippen molar-refractivity contribution in [1.82, 2.24) is 9.47 Å². The van der Waals surface area contributed by atoms with Crippen LogP contribution in [0.4, 0.5) is 0 Å². The van der Waals surface area contributed by atoms with Gasteiger partial charge >= 0.3 is 0 Å². The molecule has 1 aromatic heterocycles. The van der Waals surface area contributed by atoms with Crippen LogP contribution in [0.5, 0.6) is 5.75 Å². The van der Waals surface area contributed by atoms with Gasteiger partial charge in [0.25, 0.3) is 0 Å². The molecule has 0 fully saturated rings. The Morgan fingerprint density at radius 3 is 2.21 bits per heavy atom. The summed E-state index contributed by atoms with van der Waals surface area (Å²) in [6.07, 6.45) is 7.98. The summed E-state index contributed by atoms with van der Waals surface area (Å²) in [5.41, 5.74) is 3.15. The van der Waals surface area contributed by atoms with Crippen molar-refractivity contribution in [2.45, 2.75) is 72.8 Å². The minimum atomic E-state index is -0.0691. The Bertz CT molecular complexity index is 1230. The van der Waals surface area contributed by atoms with Gasteiger partial charge in [-0.3, -0.25) is 9.59 Å². The van der Waals surface area contributed by atoms with Crippen molar-refractivity contribution in [2.75, 3.05) is 20.2 Å². The van der Waals surface area contributed by atoms with E-state index in [1.54, 1.807) is 7.11 Å². The zero-order chi connectivity index (χ0) is 28.4. The van der Waals surface area contributed by atoms with Crippen LogP contribution in [-0.4, -0.2) is 47.6 Å². The lowest BCUT2D eigenvalue weighted by Crippen LogP contribution is -2.36. The normalized spacial score (nSPS) is 11.4. The number of fused-ring (bicyclic) bond motifs is 1. The number of carbonyl (C=O) groups excluding carboxylic acids is 3.